The van der Waals surface area contributed by atoms with Crippen LogP contribution in [-0.4, -0.2) is 10.8 Å². The second-order valence-corrected chi connectivity index (χ2v) is 5.39. The quantitative estimate of drug-likeness (QED) is 0.668. The van der Waals surface area contributed by atoms with E-state index in [1.807, 2.05) is 55.5 Å². The maximum absolute atomic E-state index is 12.5. The zero-order chi connectivity index (χ0) is 14.8. The van der Waals surface area contributed by atoms with Crippen LogP contribution in [0.1, 0.15) is 27.0 Å². The minimum atomic E-state index is 0.148. The lowest BCUT2D eigenvalue weighted by Gasteiger charge is -2.07. The van der Waals surface area contributed by atoms with Gasteiger partial charge in [0.15, 0.2) is 5.78 Å². The lowest BCUT2D eigenvalue weighted by atomic mass is 9.98. The van der Waals surface area contributed by atoms with Gasteiger partial charge in [-0.15, -0.1) is 0 Å². The predicted octanol–water partition coefficient (Wildman–Crippen LogP) is 4.28. The Morgan fingerprint density at radius 3 is 2.62 bits per heavy atom. The number of carbonyl (C=O) groups excluding carboxylic acids is 1. The van der Waals surface area contributed by atoms with Crippen molar-refractivity contribution in [2.45, 2.75) is 20.3 Å². The molecule has 0 bridgehead atoms. The third-order valence-corrected chi connectivity index (χ3v) is 3.92. The molecule has 21 heavy (non-hydrogen) atoms. The number of rotatable bonds is 3. The van der Waals surface area contributed by atoms with Gasteiger partial charge in [-0.2, -0.15) is 0 Å². The fourth-order valence-electron chi connectivity index (χ4n) is 2.50. The molecule has 104 valence electrons. The Morgan fingerprint density at radius 1 is 1.00 bits per heavy atom. The maximum atomic E-state index is 12.5. The molecule has 0 aliphatic carbocycles. The number of hydrogen-bond acceptors (Lipinski definition) is 2. The molecule has 0 amide bonds. The first kappa shape index (κ1) is 13.5. The van der Waals surface area contributed by atoms with Crippen LogP contribution in [0.15, 0.2) is 54.7 Å². The SMILES string of the molecule is Cc1ccc(C(=O)Cc2ccnc3ccccc23)cc1C. The predicted molar refractivity (Wildman–Crippen MR) is 85.7 cm³/mol. The highest BCUT2D eigenvalue weighted by Crippen LogP contribution is 2.19. The van der Waals surface area contributed by atoms with Gasteiger partial charge in [0, 0.05) is 23.6 Å². The van der Waals surface area contributed by atoms with Gasteiger partial charge in [0.05, 0.1) is 5.52 Å². The molecule has 2 aromatic carbocycles. The van der Waals surface area contributed by atoms with Crippen molar-refractivity contribution in [1.82, 2.24) is 4.98 Å². The zero-order valence-electron chi connectivity index (χ0n) is 12.3. The summed E-state index contributed by atoms with van der Waals surface area (Å²) in [4.78, 5) is 16.8. The first-order valence-electron chi connectivity index (χ1n) is 7.08. The summed E-state index contributed by atoms with van der Waals surface area (Å²) in [7, 11) is 0. The van der Waals surface area contributed by atoms with Gasteiger partial charge in [-0.25, -0.2) is 0 Å². The second-order valence-electron chi connectivity index (χ2n) is 5.39. The topological polar surface area (TPSA) is 30.0 Å². The number of ketones is 1. The average molecular weight is 275 g/mol. The smallest absolute Gasteiger partial charge is 0.167 e. The normalized spacial score (nSPS) is 10.8. The van der Waals surface area contributed by atoms with Crippen molar-refractivity contribution in [3.05, 3.63) is 77.0 Å². The van der Waals surface area contributed by atoms with Crippen molar-refractivity contribution in [2.75, 3.05) is 0 Å². The number of benzene rings is 2. The first-order valence-corrected chi connectivity index (χ1v) is 7.08. The van der Waals surface area contributed by atoms with Crippen molar-refractivity contribution in [3.63, 3.8) is 0 Å². The van der Waals surface area contributed by atoms with Gasteiger partial charge in [0.25, 0.3) is 0 Å². The molecule has 3 rings (SSSR count). The minimum Gasteiger partial charge on any atom is -0.294 e. The molecule has 3 aromatic rings. The van der Waals surface area contributed by atoms with E-state index in [2.05, 4.69) is 11.9 Å². The number of para-hydroxylation sites is 1. The molecule has 2 nitrogen and oxygen atoms in total. The number of carbonyl (C=O) groups is 1. The van der Waals surface area contributed by atoms with E-state index in [9.17, 15) is 4.79 Å². The molecule has 0 atom stereocenters. The molecule has 0 radical (unpaired) electrons. The van der Waals surface area contributed by atoms with Crippen molar-refractivity contribution in [2.24, 2.45) is 0 Å². The second kappa shape index (κ2) is 5.49. The van der Waals surface area contributed by atoms with Crippen LogP contribution >= 0.6 is 0 Å². The van der Waals surface area contributed by atoms with Gasteiger partial charge in [-0.3, -0.25) is 9.78 Å². The fourth-order valence-corrected chi connectivity index (χ4v) is 2.50. The van der Waals surface area contributed by atoms with E-state index >= 15 is 0 Å². The van der Waals surface area contributed by atoms with Crippen LogP contribution in [0.25, 0.3) is 10.9 Å². The summed E-state index contributed by atoms with van der Waals surface area (Å²) < 4.78 is 0. The Labute approximate surface area is 124 Å². The van der Waals surface area contributed by atoms with E-state index in [-0.39, 0.29) is 5.78 Å². The molecule has 0 aliphatic heterocycles. The van der Waals surface area contributed by atoms with Crippen LogP contribution in [0.2, 0.25) is 0 Å². The van der Waals surface area contributed by atoms with Gasteiger partial charge >= 0.3 is 0 Å². The molecule has 0 saturated heterocycles. The summed E-state index contributed by atoms with van der Waals surface area (Å²) in [5.74, 6) is 0.148. The van der Waals surface area contributed by atoms with Gasteiger partial charge in [0.2, 0.25) is 0 Å². The monoisotopic (exact) mass is 275 g/mol. The van der Waals surface area contributed by atoms with Crippen molar-refractivity contribution >= 4 is 16.7 Å². The molecule has 0 unspecified atom stereocenters. The molecular formula is C19H17NO. The molecule has 0 saturated carbocycles. The molecule has 2 heteroatoms. The number of aromatic nitrogens is 1. The summed E-state index contributed by atoms with van der Waals surface area (Å²) in [5.41, 5.74) is 5.10. The van der Waals surface area contributed by atoms with Crippen LogP contribution in [0.3, 0.4) is 0 Å². The molecule has 0 spiro atoms. The molecular weight excluding hydrogens is 258 g/mol. The minimum absolute atomic E-state index is 0.148. The molecule has 1 aromatic heterocycles. The third kappa shape index (κ3) is 2.70. The van der Waals surface area contributed by atoms with E-state index in [4.69, 9.17) is 0 Å². The van der Waals surface area contributed by atoms with Crippen molar-refractivity contribution in [1.29, 1.82) is 0 Å². The van der Waals surface area contributed by atoms with Crippen molar-refractivity contribution in [3.8, 4) is 0 Å². The van der Waals surface area contributed by atoms with Crippen LogP contribution in [0, 0.1) is 13.8 Å². The first-order chi connectivity index (χ1) is 10.1. The Hall–Kier alpha value is -2.48. The van der Waals surface area contributed by atoms with Crippen LogP contribution < -0.4 is 0 Å². The average Bonchev–Trinajstić information content (AvgIpc) is 2.50. The number of aryl methyl sites for hydroxylation is 2. The lowest BCUT2D eigenvalue weighted by molar-refractivity contribution is 0.0993. The van der Waals surface area contributed by atoms with E-state index in [0.29, 0.717) is 6.42 Å². The van der Waals surface area contributed by atoms with Crippen LogP contribution in [0.5, 0.6) is 0 Å². The van der Waals surface area contributed by atoms with E-state index < -0.39 is 0 Å². The molecule has 0 fully saturated rings. The summed E-state index contributed by atoms with van der Waals surface area (Å²) in [6, 6.07) is 15.8. The fraction of sp³-hybridized carbons (Fsp3) is 0.158. The number of nitrogens with zero attached hydrogens (tertiary/aromatic N) is 1. The van der Waals surface area contributed by atoms with Gasteiger partial charge in [-0.1, -0.05) is 30.3 Å². The zero-order valence-corrected chi connectivity index (χ0v) is 12.3. The number of pyridine rings is 1. The van der Waals surface area contributed by atoms with E-state index in [1.165, 1.54) is 5.56 Å². The molecule has 1 heterocycles. The van der Waals surface area contributed by atoms with E-state index in [0.717, 1.165) is 27.6 Å². The van der Waals surface area contributed by atoms with Crippen molar-refractivity contribution < 1.29 is 4.79 Å². The largest absolute Gasteiger partial charge is 0.294 e. The van der Waals surface area contributed by atoms with Gasteiger partial charge in [0.1, 0.15) is 0 Å². The summed E-state index contributed by atoms with van der Waals surface area (Å²) in [6.45, 7) is 4.09. The number of Topliss-reactive ketones (excluding diaryl/α,β-unsaturated/α-hetero) is 1. The third-order valence-electron chi connectivity index (χ3n) is 3.92. The van der Waals surface area contributed by atoms with E-state index in [1.54, 1.807) is 6.20 Å². The Balaban J connectivity index is 1.94. The number of fused-ring (bicyclic) bond motifs is 1. The van der Waals surface area contributed by atoms with Gasteiger partial charge in [-0.05, 0) is 48.7 Å². The van der Waals surface area contributed by atoms with Crippen LogP contribution in [-0.2, 0) is 6.42 Å². The summed E-state index contributed by atoms with van der Waals surface area (Å²) in [5, 5.41) is 1.05. The molecule has 0 N–H and O–H groups in total. The standard InChI is InChI=1S/C19H17NO/c1-13-7-8-16(11-14(13)2)19(21)12-15-9-10-20-18-6-4-3-5-17(15)18/h3-11H,12H2,1-2H3. The summed E-state index contributed by atoms with van der Waals surface area (Å²) >= 11 is 0. The molecule has 0 aliphatic rings. The highest BCUT2D eigenvalue weighted by Gasteiger charge is 2.10. The Bertz CT molecular complexity index is 815. The highest BCUT2D eigenvalue weighted by atomic mass is 16.1. The van der Waals surface area contributed by atoms with Crippen LogP contribution in [0.4, 0.5) is 0 Å². The maximum Gasteiger partial charge on any atom is 0.167 e. The summed E-state index contributed by atoms with van der Waals surface area (Å²) in [6.07, 6.45) is 2.18. The Morgan fingerprint density at radius 2 is 1.81 bits per heavy atom. The number of hydrogen-bond donors (Lipinski definition) is 0. The van der Waals surface area contributed by atoms with Gasteiger partial charge < -0.3 is 0 Å². The lowest BCUT2D eigenvalue weighted by Crippen LogP contribution is -2.05. The highest BCUT2D eigenvalue weighted by molar-refractivity contribution is 5.99. The Kier molecular flexibility index (Phi) is 3.53.